The van der Waals surface area contributed by atoms with Gasteiger partial charge in [0.05, 0.1) is 40.7 Å². The summed E-state index contributed by atoms with van der Waals surface area (Å²) >= 11 is 0. The second-order valence-electron chi connectivity index (χ2n) is 7.89. The molecule has 0 spiro atoms. The van der Waals surface area contributed by atoms with Gasteiger partial charge in [-0.3, -0.25) is 14.8 Å². The van der Waals surface area contributed by atoms with E-state index in [1.165, 1.54) is 21.3 Å². The van der Waals surface area contributed by atoms with Crippen molar-refractivity contribution < 1.29 is 23.7 Å². The first kappa shape index (κ1) is 26.4. The van der Waals surface area contributed by atoms with E-state index in [4.69, 9.17) is 18.9 Å². The zero-order valence-electron chi connectivity index (χ0n) is 21.5. The Balaban J connectivity index is 1.89. The Kier molecular flexibility index (Phi) is 9.15. The van der Waals surface area contributed by atoms with Crippen LogP contribution in [0.25, 0.3) is 0 Å². The summed E-state index contributed by atoms with van der Waals surface area (Å²) in [6.45, 7) is 5.22. The highest BCUT2D eigenvalue weighted by Crippen LogP contribution is 2.38. The summed E-state index contributed by atoms with van der Waals surface area (Å²) in [5.74, 6) is 1.76. The van der Waals surface area contributed by atoms with Crippen LogP contribution in [-0.2, 0) is 13.1 Å². The van der Waals surface area contributed by atoms with E-state index in [0.29, 0.717) is 29.4 Å². The molecule has 36 heavy (non-hydrogen) atoms. The number of ether oxygens (including phenoxy) is 4. The quantitative estimate of drug-likeness (QED) is 0.323. The Morgan fingerprint density at radius 3 is 2.22 bits per heavy atom. The normalized spacial score (nSPS) is 11.1. The molecule has 0 atom stereocenters. The molecule has 0 fully saturated rings. The van der Waals surface area contributed by atoms with Crippen LogP contribution in [0.5, 0.6) is 23.0 Å². The van der Waals surface area contributed by atoms with Crippen LogP contribution in [-0.4, -0.2) is 50.1 Å². The van der Waals surface area contributed by atoms with Gasteiger partial charge >= 0.3 is 0 Å². The maximum Gasteiger partial charge on any atom is 0.258 e. The predicted octanol–water partition coefficient (Wildman–Crippen LogP) is 4.03. The first-order valence-electron chi connectivity index (χ1n) is 11.5. The molecule has 0 aliphatic carbocycles. The van der Waals surface area contributed by atoms with Crippen molar-refractivity contribution in [3.63, 3.8) is 0 Å². The SMILES string of the molecule is CCCn1cc(CN=C(NC(=O)c2cc(OC)c(OC)c(OC)c2)Nc2ccc(OC)cc2)c(C)n1. The smallest absolute Gasteiger partial charge is 0.258 e. The molecule has 0 aliphatic rings. The summed E-state index contributed by atoms with van der Waals surface area (Å²) in [6, 6.07) is 10.5. The first-order chi connectivity index (χ1) is 17.4. The van der Waals surface area contributed by atoms with Gasteiger partial charge in [-0.25, -0.2) is 4.99 Å². The summed E-state index contributed by atoms with van der Waals surface area (Å²) in [7, 11) is 6.11. The highest BCUT2D eigenvalue weighted by atomic mass is 16.5. The number of nitrogens with one attached hydrogen (secondary N) is 2. The molecule has 1 heterocycles. The lowest BCUT2D eigenvalue weighted by molar-refractivity contribution is 0.0976. The fourth-order valence-corrected chi connectivity index (χ4v) is 3.54. The lowest BCUT2D eigenvalue weighted by Gasteiger charge is -2.15. The molecule has 1 amide bonds. The predicted molar refractivity (Wildman–Crippen MR) is 139 cm³/mol. The van der Waals surface area contributed by atoms with Gasteiger partial charge < -0.3 is 24.3 Å². The molecule has 192 valence electrons. The number of hydrogen-bond acceptors (Lipinski definition) is 7. The van der Waals surface area contributed by atoms with Gasteiger partial charge in [0, 0.05) is 29.6 Å². The Hall–Kier alpha value is -4.21. The minimum absolute atomic E-state index is 0.279. The number of aliphatic imine (C=N–C) groups is 1. The maximum absolute atomic E-state index is 13.2. The number of carbonyl (C=O) groups excluding carboxylic acids is 1. The van der Waals surface area contributed by atoms with Gasteiger partial charge in [-0.2, -0.15) is 5.10 Å². The highest BCUT2D eigenvalue weighted by Gasteiger charge is 2.18. The number of rotatable bonds is 10. The van der Waals surface area contributed by atoms with E-state index in [1.54, 1.807) is 19.2 Å². The van der Waals surface area contributed by atoms with Crippen LogP contribution in [0.1, 0.15) is 35.0 Å². The number of aromatic nitrogens is 2. The number of anilines is 1. The van der Waals surface area contributed by atoms with Crippen LogP contribution in [0.2, 0.25) is 0 Å². The van der Waals surface area contributed by atoms with Gasteiger partial charge in [-0.1, -0.05) is 6.92 Å². The first-order valence-corrected chi connectivity index (χ1v) is 11.5. The maximum atomic E-state index is 13.2. The number of amides is 1. The molecule has 10 nitrogen and oxygen atoms in total. The van der Waals surface area contributed by atoms with Crippen molar-refractivity contribution in [2.45, 2.75) is 33.4 Å². The second-order valence-corrected chi connectivity index (χ2v) is 7.89. The van der Waals surface area contributed by atoms with Crippen LogP contribution in [0, 0.1) is 6.92 Å². The fourth-order valence-electron chi connectivity index (χ4n) is 3.54. The fraction of sp³-hybridized carbons (Fsp3) is 0.346. The van der Waals surface area contributed by atoms with Crippen LogP contribution in [0.3, 0.4) is 0 Å². The Morgan fingerprint density at radius 1 is 1.00 bits per heavy atom. The molecule has 3 aromatic rings. The van der Waals surface area contributed by atoms with E-state index in [-0.39, 0.29) is 5.96 Å². The highest BCUT2D eigenvalue weighted by molar-refractivity contribution is 6.10. The molecule has 0 aliphatic heterocycles. The van der Waals surface area contributed by atoms with Crippen LogP contribution >= 0.6 is 0 Å². The van der Waals surface area contributed by atoms with Crippen molar-refractivity contribution in [3.8, 4) is 23.0 Å². The van der Waals surface area contributed by atoms with Gasteiger partial charge in [0.2, 0.25) is 11.7 Å². The van der Waals surface area contributed by atoms with Crippen molar-refractivity contribution in [1.82, 2.24) is 15.1 Å². The molecular weight excluding hydrogens is 462 g/mol. The summed E-state index contributed by atoms with van der Waals surface area (Å²) in [5, 5.41) is 10.6. The van der Waals surface area contributed by atoms with Crippen molar-refractivity contribution in [2.24, 2.45) is 4.99 Å². The topological polar surface area (TPSA) is 108 Å². The third-order valence-electron chi connectivity index (χ3n) is 5.42. The van der Waals surface area contributed by atoms with Crippen molar-refractivity contribution in [1.29, 1.82) is 0 Å². The minimum atomic E-state index is -0.396. The van der Waals surface area contributed by atoms with Crippen molar-refractivity contribution in [2.75, 3.05) is 33.8 Å². The molecule has 2 N–H and O–H groups in total. The van der Waals surface area contributed by atoms with Gasteiger partial charge in [0.25, 0.3) is 5.91 Å². The molecule has 2 aromatic carbocycles. The third-order valence-corrected chi connectivity index (χ3v) is 5.42. The Bertz CT molecular complexity index is 1180. The van der Waals surface area contributed by atoms with Gasteiger partial charge in [0.1, 0.15) is 5.75 Å². The average molecular weight is 496 g/mol. The number of guanidine groups is 1. The molecule has 0 radical (unpaired) electrons. The zero-order valence-corrected chi connectivity index (χ0v) is 21.5. The van der Waals surface area contributed by atoms with E-state index in [0.717, 1.165) is 35.7 Å². The average Bonchev–Trinajstić information content (AvgIpc) is 3.25. The summed E-state index contributed by atoms with van der Waals surface area (Å²) in [5.41, 5.74) is 2.92. The van der Waals surface area contributed by atoms with Gasteiger partial charge in [-0.05, 0) is 49.7 Å². The van der Waals surface area contributed by atoms with Crippen LogP contribution in [0.15, 0.2) is 47.6 Å². The monoisotopic (exact) mass is 495 g/mol. The van der Waals surface area contributed by atoms with Gasteiger partial charge in [0.15, 0.2) is 11.5 Å². The summed E-state index contributed by atoms with van der Waals surface area (Å²) in [4.78, 5) is 17.9. The molecule has 0 saturated heterocycles. The minimum Gasteiger partial charge on any atom is -0.497 e. The molecule has 1 aromatic heterocycles. The molecular formula is C26H33N5O5. The number of hydrogen-bond donors (Lipinski definition) is 2. The molecule has 0 unspecified atom stereocenters. The van der Waals surface area contributed by atoms with E-state index in [1.807, 2.05) is 42.1 Å². The van der Waals surface area contributed by atoms with Crippen molar-refractivity contribution >= 4 is 17.6 Å². The Labute approximate surface area is 211 Å². The third kappa shape index (κ3) is 6.47. The number of aryl methyl sites for hydroxylation is 2. The number of carbonyl (C=O) groups is 1. The number of benzene rings is 2. The second kappa shape index (κ2) is 12.5. The molecule has 0 bridgehead atoms. The summed E-state index contributed by atoms with van der Waals surface area (Å²) < 4.78 is 23.3. The van der Waals surface area contributed by atoms with Crippen molar-refractivity contribution in [3.05, 3.63) is 59.4 Å². The number of methoxy groups -OCH3 is 4. The number of nitrogens with zero attached hydrogens (tertiary/aromatic N) is 3. The zero-order chi connectivity index (χ0) is 26.1. The van der Waals surface area contributed by atoms with E-state index in [2.05, 4.69) is 27.6 Å². The van der Waals surface area contributed by atoms with Gasteiger partial charge in [-0.15, -0.1) is 0 Å². The lowest BCUT2D eigenvalue weighted by atomic mass is 10.1. The van der Waals surface area contributed by atoms with E-state index in [9.17, 15) is 4.79 Å². The van der Waals surface area contributed by atoms with E-state index >= 15 is 0 Å². The largest absolute Gasteiger partial charge is 0.497 e. The van der Waals surface area contributed by atoms with E-state index < -0.39 is 5.91 Å². The van der Waals surface area contributed by atoms with Crippen LogP contribution < -0.4 is 29.6 Å². The molecule has 0 saturated carbocycles. The lowest BCUT2D eigenvalue weighted by Crippen LogP contribution is -2.36. The Morgan fingerprint density at radius 2 is 1.67 bits per heavy atom. The molecule has 10 heteroatoms. The summed E-state index contributed by atoms with van der Waals surface area (Å²) in [6.07, 6.45) is 2.97. The molecule has 3 rings (SSSR count). The standard InChI is InChI=1S/C26H33N5O5/c1-7-12-31-16-19(17(2)30-31)15-27-26(28-20-8-10-21(33-3)11-9-20)29-25(32)18-13-22(34-4)24(36-6)23(14-18)35-5/h8-11,13-14,16H,7,12,15H2,1-6H3,(H2,27,28,29,32). The van der Waals surface area contributed by atoms with Crippen LogP contribution in [0.4, 0.5) is 5.69 Å².